The van der Waals surface area contributed by atoms with Crippen LogP contribution in [0, 0.1) is 40.9 Å². The predicted molar refractivity (Wildman–Crippen MR) is 63.8 cm³/mol. The van der Waals surface area contributed by atoms with Gasteiger partial charge >= 0.3 is 0 Å². The molecule has 8 atom stereocenters. The minimum Gasteiger partial charge on any atom is -0.393 e. The first-order valence-electron chi connectivity index (χ1n) is 7.32. The molecule has 0 aromatic carbocycles. The summed E-state index contributed by atoms with van der Waals surface area (Å²) in [5.41, 5.74) is 0.654. The van der Waals surface area contributed by atoms with Crippen LogP contribution in [0.15, 0.2) is 0 Å². The van der Waals surface area contributed by atoms with Gasteiger partial charge in [0.25, 0.3) is 0 Å². The lowest BCUT2D eigenvalue weighted by atomic mass is 9.60. The highest BCUT2D eigenvalue weighted by Gasteiger charge is 2.66. The monoisotopic (exact) mass is 220 g/mol. The Labute approximate surface area is 98.6 Å². The molecule has 4 fully saturated rings. The predicted octanol–water partition coefficient (Wildman–Crippen LogP) is 3.08. The van der Waals surface area contributed by atoms with Gasteiger partial charge in [-0.05, 0) is 66.6 Å². The van der Waals surface area contributed by atoms with E-state index >= 15 is 0 Å². The molecule has 0 heterocycles. The first kappa shape index (κ1) is 9.94. The lowest BCUT2D eigenvalue weighted by Crippen LogP contribution is -2.41. The van der Waals surface area contributed by atoms with Crippen LogP contribution in [-0.4, -0.2) is 11.2 Å². The van der Waals surface area contributed by atoms with E-state index in [-0.39, 0.29) is 6.10 Å². The number of aliphatic hydroxyl groups is 1. The molecule has 4 rings (SSSR count). The Hall–Kier alpha value is -0.0400. The van der Waals surface area contributed by atoms with Crippen molar-refractivity contribution in [1.82, 2.24) is 0 Å². The highest BCUT2D eigenvalue weighted by atomic mass is 16.3. The standard InChI is InChI=1S/C15H24O/c1-3-15(2)7-9-5-11(15)14-8-4-10(13(9)14)12(16)6-8/h8-14,16H,3-7H2,1-2H3/t8?,9?,10?,11?,12?,13?,14?,15-/m0/s1. The van der Waals surface area contributed by atoms with Crippen LogP contribution in [0.4, 0.5) is 0 Å². The molecule has 7 unspecified atom stereocenters. The fraction of sp³-hybridized carbons (Fsp3) is 1.00. The largest absolute Gasteiger partial charge is 0.393 e. The molecule has 0 aromatic rings. The van der Waals surface area contributed by atoms with Gasteiger partial charge in [-0.1, -0.05) is 20.3 Å². The molecule has 4 saturated carbocycles. The lowest BCUT2D eigenvalue weighted by molar-refractivity contribution is -0.0103. The van der Waals surface area contributed by atoms with Crippen LogP contribution in [-0.2, 0) is 0 Å². The topological polar surface area (TPSA) is 20.2 Å². The highest BCUT2D eigenvalue weighted by Crippen LogP contribution is 2.72. The van der Waals surface area contributed by atoms with E-state index in [0.717, 1.165) is 36.0 Å². The summed E-state index contributed by atoms with van der Waals surface area (Å²) >= 11 is 0. The Morgan fingerprint density at radius 3 is 2.69 bits per heavy atom. The molecule has 0 aliphatic heterocycles. The van der Waals surface area contributed by atoms with Crippen LogP contribution in [0.25, 0.3) is 0 Å². The Bertz CT molecular complexity index is 325. The van der Waals surface area contributed by atoms with Crippen molar-refractivity contribution in [3.63, 3.8) is 0 Å². The van der Waals surface area contributed by atoms with Gasteiger partial charge in [0.1, 0.15) is 0 Å². The number of aliphatic hydroxyl groups excluding tert-OH is 1. The molecule has 0 radical (unpaired) electrons. The van der Waals surface area contributed by atoms with Gasteiger partial charge < -0.3 is 5.11 Å². The van der Waals surface area contributed by atoms with Crippen molar-refractivity contribution in [2.75, 3.05) is 0 Å². The normalized spacial score (nSPS) is 66.6. The maximum Gasteiger partial charge on any atom is 0.0574 e. The molecular formula is C15H24O. The molecule has 0 amide bonds. The summed E-state index contributed by atoms with van der Waals surface area (Å²) in [4.78, 5) is 0. The smallest absolute Gasteiger partial charge is 0.0574 e. The van der Waals surface area contributed by atoms with Crippen LogP contribution >= 0.6 is 0 Å². The zero-order valence-electron chi connectivity index (χ0n) is 10.5. The number of hydrogen-bond donors (Lipinski definition) is 1. The molecule has 0 aromatic heterocycles. The fourth-order valence-electron chi connectivity index (χ4n) is 6.44. The lowest BCUT2D eigenvalue weighted by Gasteiger charge is -2.45. The summed E-state index contributed by atoms with van der Waals surface area (Å²) in [5, 5.41) is 10.1. The van der Waals surface area contributed by atoms with Crippen LogP contribution in [0.5, 0.6) is 0 Å². The van der Waals surface area contributed by atoms with E-state index in [9.17, 15) is 5.11 Å². The Morgan fingerprint density at radius 2 is 1.94 bits per heavy atom. The minimum absolute atomic E-state index is 0.0680. The van der Waals surface area contributed by atoms with Crippen molar-refractivity contribution in [2.24, 2.45) is 40.9 Å². The Morgan fingerprint density at radius 1 is 1.12 bits per heavy atom. The minimum atomic E-state index is 0.0680. The van der Waals surface area contributed by atoms with E-state index in [0.29, 0.717) is 11.3 Å². The second-order valence-corrected chi connectivity index (χ2v) is 7.43. The van der Waals surface area contributed by atoms with Gasteiger partial charge in [0, 0.05) is 0 Å². The third-order valence-corrected chi connectivity index (χ3v) is 7.09. The van der Waals surface area contributed by atoms with Gasteiger partial charge in [-0.15, -0.1) is 0 Å². The van der Waals surface area contributed by atoms with Crippen molar-refractivity contribution in [3.05, 3.63) is 0 Å². The summed E-state index contributed by atoms with van der Waals surface area (Å²) in [6.45, 7) is 4.92. The Kier molecular flexibility index (Phi) is 1.77. The zero-order valence-corrected chi connectivity index (χ0v) is 10.5. The van der Waals surface area contributed by atoms with E-state index in [1.165, 1.54) is 25.7 Å². The molecule has 1 heteroatoms. The molecular weight excluding hydrogens is 196 g/mol. The fourth-order valence-corrected chi connectivity index (χ4v) is 6.44. The van der Waals surface area contributed by atoms with Gasteiger partial charge in [0.05, 0.1) is 6.10 Å². The van der Waals surface area contributed by atoms with Gasteiger partial charge in [-0.2, -0.15) is 0 Å². The summed E-state index contributed by atoms with van der Waals surface area (Å²) in [6, 6.07) is 0. The van der Waals surface area contributed by atoms with E-state index < -0.39 is 0 Å². The maximum atomic E-state index is 10.1. The first-order chi connectivity index (χ1) is 7.64. The average molecular weight is 220 g/mol. The van der Waals surface area contributed by atoms with E-state index in [1.54, 1.807) is 0 Å². The molecule has 1 N–H and O–H groups in total. The van der Waals surface area contributed by atoms with Gasteiger partial charge in [-0.3, -0.25) is 0 Å². The van der Waals surface area contributed by atoms with Gasteiger partial charge in [0.15, 0.2) is 0 Å². The summed E-state index contributed by atoms with van der Waals surface area (Å²) in [5.74, 6) is 5.52. The second kappa shape index (κ2) is 2.85. The molecule has 0 saturated heterocycles. The first-order valence-corrected chi connectivity index (χ1v) is 7.32. The summed E-state index contributed by atoms with van der Waals surface area (Å²) in [7, 11) is 0. The highest BCUT2D eigenvalue weighted by molar-refractivity contribution is 5.15. The van der Waals surface area contributed by atoms with Crippen LogP contribution < -0.4 is 0 Å². The van der Waals surface area contributed by atoms with Gasteiger partial charge in [-0.25, -0.2) is 0 Å². The molecule has 4 aliphatic rings. The number of rotatable bonds is 1. The SMILES string of the molecule is CC[C@@]1(C)CC2CC1C1C3CC(O)C(C3)C21. The third kappa shape index (κ3) is 0.939. The van der Waals surface area contributed by atoms with Crippen molar-refractivity contribution < 1.29 is 5.11 Å². The Balaban J connectivity index is 1.69. The average Bonchev–Trinajstić information content (AvgIpc) is 2.93. The summed E-state index contributed by atoms with van der Waals surface area (Å²) < 4.78 is 0. The molecule has 90 valence electrons. The molecule has 1 nitrogen and oxygen atoms in total. The molecule has 0 spiro atoms. The van der Waals surface area contributed by atoms with Crippen LogP contribution in [0.2, 0.25) is 0 Å². The quantitative estimate of drug-likeness (QED) is 0.673. The number of hydrogen-bond acceptors (Lipinski definition) is 1. The van der Waals surface area contributed by atoms with Crippen molar-refractivity contribution >= 4 is 0 Å². The van der Waals surface area contributed by atoms with Crippen molar-refractivity contribution in [2.45, 2.75) is 52.1 Å². The van der Waals surface area contributed by atoms with Gasteiger partial charge in [0.2, 0.25) is 0 Å². The third-order valence-electron chi connectivity index (χ3n) is 7.09. The maximum absolute atomic E-state index is 10.1. The molecule has 4 aliphatic carbocycles. The number of fused-ring (bicyclic) bond motifs is 9. The second-order valence-electron chi connectivity index (χ2n) is 7.43. The van der Waals surface area contributed by atoms with Crippen molar-refractivity contribution in [1.29, 1.82) is 0 Å². The van der Waals surface area contributed by atoms with Crippen molar-refractivity contribution in [3.8, 4) is 0 Å². The van der Waals surface area contributed by atoms with Crippen LogP contribution in [0.1, 0.15) is 46.0 Å². The van der Waals surface area contributed by atoms with Crippen LogP contribution in [0.3, 0.4) is 0 Å². The van der Waals surface area contributed by atoms with E-state index in [1.807, 2.05) is 0 Å². The summed E-state index contributed by atoms with van der Waals surface area (Å²) in [6.07, 6.45) is 6.90. The zero-order chi connectivity index (χ0) is 11.1. The van der Waals surface area contributed by atoms with E-state index in [2.05, 4.69) is 13.8 Å². The molecule has 4 bridgehead atoms. The van der Waals surface area contributed by atoms with E-state index in [4.69, 9.17) is 0 Å². The molecule has 16 heavy (non-hydrogen) atoms.